The van der Waals surface area contributed by atoms with E-state index in [9.17, 15) is 14.4 Å². The lowest BCUT2D eigenvalue weighted by atomic mass is 10.1. The van der Waals surface area contributed by atoms with Crippen molar-refractivity contribution in [2.24, 2.45) is 0 Å². The third-order valence-electron chi connectivity index (χ3n) is 4.10. The molecule has 0 aromatic heterocycles. The van der Waals surface area contributed by atoms with Crippen LogP contribution in [0.15, 0.2) is 42.5 Å². The monoisotopic (exact) mass is 354 g/mol. The first kappa shape index (κ1) is 17.7. The van der Waals surface area contributed by atoms with Crippen molar-refractivity contribution in [1.29, 1.82) is 0 Å². The fourth-order valence-electron chi connectivity index (χ4n) is 2.64. The van der Waals surface area contributed by atoms with Gasteiger partial charge in [0.05, 0.1) is 7.11 Å². The van der Waals surface area contributed by atoms with Crippen LogP contribution in [0.3, 0.4) is 0 Å². The summed E-state index contributed by atoms with van der Waals surface area (Å²) in [6, 6.07) is 12.1. The fraction of sp³-hybridized carbons (Fsp3) is 0.250. The number of hydrogen-bond acceptors (Lipinski definition) is 6. The predicted molar refractivity (Wildman–Crippen MR) is 92.6 cm³/mol. The maximum absolute atomic E-state index is 12.4. The van der Waals surface area contributed by atoms with E-state index in [1.807, 2.05) is 24.3 Å². The standard InChI is InChI=1S/C20H18O6/c1-3-17(21)26-20-18(22)15-9-8-14(10-16(15)19(20)23)25-11-12-4-6-13(24-2)7-5-12/h4-10,20H,3,11H2,1-2H3. The molecule has 0 radical (unpaired) electrons. The van der Waals surface area contributed by atoms with Crippen LogP contribution in [-0.2, 0) is 16.1 Å². The second-order valence-corrected chi connectivity index (χ2v) is 5.80. The number of carbonyl (C=O) groups excluding carboxylic acids is 3. The SMILES string of the molecule is CCC(=O)OC1C(=O)c2ccc(OCc3ccc(OC)cc3)cc2C1=O. The van der Waals surface area contributed by atoms with Gasteiger partial charge in [-0.05, 0) is 35.9 Å². The maximum Gasteiger partial charge on any atom is 0.306 e. The quantitative estimate of drug-likeness (QED) is 0.586. The van der Waals surface area contributed by atoms with E-state index in [0.717, 1.165) is 11.3 Å². The molecular weight excluding hydrogens is 336 g/mol. The molecule has 0 amide bonds. The van der Waals surface area contributed by atoms with Crippen molar-refractivity contribution in [3.63, 3.8) is 0 Å². The van der Waals surface area contributed by atoms with E-state index in [4.69, 9.17) is 14.2 Å². The number of benzene rings is 2. The topological polar surface area (TPSA) is 78.9 Å². The molecule has 0 bridgehead atoms. The molecule has 0 spiro atoms. The normalized spacial score (nSPS) is 15.5. The number of methoxy groups -OCH3 is 1. The molecule has 0 saturated carbocycles. The minimum absolute atomic E-state index is 0.101. The van der Waals surface area contributed by atoms with Crippen molar-refractivity contribution in [3.8, 4) is 11.5 Å². The number of rotatable bonds is 6. The molecule has 26 heavy (non-hydrogen) atoms. The summed E-state index contributed by atoms with van der Waals surface area (Å²) in [6.07, 6.45) is -1.28. The number of hydrogen-bond donors (Lipinski definition) is 0. The van der Waals surface area contributed by atoms with E-state index >= 15 is 0 Å². The second-order valence-electron chi connectivity index (χ2n) is 5.80. The first-order valence-electron chi connectivity index (χ1n) is 8.21. The van der Waals surface area contributed by atoms with Crippen molar-refractivity contribution < 1.29 is 28.6 Å². The Morgan fingerprint density at radius 1 is 0.962 bits per heavy atom. The van der Waals surface area contributed by atoms with Gasteiger partial charge in [0.2, 0.25) is 17.7 Å². The van der Waals surface area contributed by atoms with Gasteiger partial charge in [-0.3, -0.25) is 14.4 Å². The van der Waals surface area contributed by atoms with Crippen LogP contribution in [0.4, 0.5) is 0 Å². The van der Waals surface area contributed by atoms with Crippen molar-refractivity contribution in [1.82, 2.24) is 0 Å². The summed E-state index contributed by atoms with van der Waals surface area (Å²) in [5.74, 6) is -0.373. The smallest absolute Gasteiger partial charge is 0.306 e. The Morgan fingerprint density at radius 3 is 2.27 bits per heavy atom. The third kappa shape index (κ3) is 3.44. The molecule has 1 aliphatic rings. The van der Waals surface area contributed by atoms with Crippen LogP contribution < -0.4 is 9.47 Å². The van der Waals surface area contributed by atoms with Crippen LogP contribution >= 0.6 is 0 Å². The first-order valence-corrected chi connectivity index (χ1v) is 8.21. The van der Waals surface area contributed by atoms with Crippen LogP contribution in [0.25, 0.3) is 0 Å². The van der Waals surface area contributed by atoms with E-state index in [2.05, 4.69) is 0 Å². The molecule has 2 aromatic rings. The summed E-state index contributed by atoms with van der Waals surface area (Å²) in [6.45, 7) is 1.91. The molecule has 1 unspecified atom stereocenters. The zero-order valence-electron chi connectivity index (χ0n) is 14.5. The fourth-order valence-corrected chi connectivity index (χ4v) is 2.64. The highest BCUT2D eigenvalue weighted by Crippen LogP contribution is 2.29. The molecule has 1 atom stereocenters. The Kier molecular flexibility index (Phi) is 5.02. The number of carbonyl (C=O) groups is 3. The van der Waals surface area contributed by atoms with Crippen LogP contribution in [-0.4, -0.2) is 30.7 Å². The van der Waals surface area contributed by atoms with Crippen molar-refractivity contribution in [3.05, 3.63) is 59.2 Å². The van der Waals surface area contributed by atoms with E-state index in [1.54, 1.807) is 20.1 Å². The summed E-state index contributed by atoms with van der Waals surface area (Å²) < 4.78 is 15.8. The number of esters is 1. The lowest BCUT2D eigenvalue weighted by Gasteiger charge is -2.08. The molecule has 2 aromatic carbocycles. The number of ketones is 2. The molecule has 3 rings (SSSR count). The summed E-state index contributed by atoms with van der Waals surface area (Å²) in [5.41, 5.74) is 1.40. The molecule has 0 fully saturated rings. The predicted octanol–water partition coefficient (Wildman–Crippen LogP) is 2.98. The molecule has 6 nitrogen and oxygen atoms in total. The molecule has 0 saturated heterocycles. The summed E-state index contributed by atoms with van der Waals surface area (Å²) in [7, 11) is 1.60. The van der Waals surface area contributed by atoms with E-state index in [-0.39, 0.29) is 17.5 Å². The average molecular weight is 354 g/mol. The molecule has 134 valence electrons. The van der Waals surface area contributed by atoms with Crippen LogP contribution in [0, 0.1) is 0 Å². The minimum Gasteiger partial charge on any atom is -0.497 e. The zero-order valence-corrected chi connectivity index (χ0v) is 14.5. The van der Waals surface area contributed by atoms with Gasteiger partial charge in [0.15, 0.2) is 0 Å². The summed E-state index contributed by atoms with van der Waals surface area (Å²) >= 11 is 0. The zero-order chi connectivity index (χ0) is 18.7. The highest BCUT2D eigenvalue weighted by Gasteiger charge is 2.41. The number of Topliss-reactive ketones (excluding diaryl/α,β-unsaturated/α-hetero) is 2. The van der Waals surface area contributed by atoms with E-state index in [0.29, 0.717) is 12.4 Å². The summed E-state index contributed by atoms with van der Waals surface area (Å²) in [4.78, 5) is 36.1. The average Bonchev–Trinajstić information content (AvgIpc) is 2.91. The number of fused-ring (bicyclic) bond motifs is 1. The highest BCUT2D eigenvalue weighted by molar-refractivity contribution is 6.29. The van der Waals surface area contributed by atoms with E-state index in [1.165, 1.54) is 12.1 Å². The Morgan fingerprint density at radius 2 is 1.62 bits per heavy atom. The highest BCUT2D eigenvalue weighted by atomic mass is 16.6. The Bertz CT molecular complexity index is 853. The van der Waals surface area contributed by atoms with Gasteiger partial charge < -0.3 is 14.2 Å². The third-order valence-corrected chi connectivity index (χ3v) is 4.10. The number of ether oxygens (including phenoxy) is 3. The van der Waals surface area contributed by atoms with E-state index < -0.39 is 23.6 Å². The van der Waals surface area contributed by atoms with Crippen LogP contribution in [0.5, 0.6) is 11.5 Å². The Labute approximate surface area is 150 Å². The van der Waals surface area contributed by atoms with Gasteiger partial charge >= 0.3 is 5.97 Å². The molecule has 1 aliphatic carbocycles. The largest absolute Gasteiger partial charge is 0.497 e. The van der Waals surface area contributed by atoms with Crippen LogP contribution in [0.2, 0.25) is 0 Å². The lowest BCUT2D eigenvalue weighted by Crippen LogP contribution is -2.28. The van der Waals surface area contributed by atoms with Crippen molar-refractivity contribution in [2.45, 2.75) is 26.1 Å². The van der Waals surface area contributed by atoms with Gasteiger partial charge in [0.25, 0.3) is 0 Å². The first-order chi connectivity index (χ1) is 12.5. The Balaban J connectivity index is 1.72. The van der Waals surface area contributed by atoms with Gasteiger partial charge in [-0.2, -0.15) is 0 Å². The summed E-state index contributed by atoms with van der Waals surface area (Å²) in [5, 5.41) is 0. The lowest BCUT2D eigenvalue weighted by molar-refractivity contribution is -0.144. The van der Waals surface area contributed by atoms with Gasteiger partial charge in [0.1, 0.15) is 18.1 Å². The molecule has 0 heterocycles. The van der Waals surface area contributed by atoms with Crippen molar-refractivity contribution in [2.75, 3.05) is 7.11 Å². The van der Waals surface area contributed by atoms with Gasteiger partial charge in [-0.1, -0.05) is 19.1 Å². The second kappa shape index (κ2) is 7.39. The minimum atomic E-state index is -1.38. The molecule has 0 N–H and O–H groups in total. The molecule has 6 heteroatoms. The van der Waals surface area contributed by atoms with Crippen molar-refractivity contribution >= 4 is 17.5 Å². The Hall–Kier alpha value is -3.15. The molecule has 0 aliphatic heterocycles. The van der Waals surface area contributed by atoms with Gasteiger partial charge in [-0.15, -0.1) is 0 Å². The van der Waals surface area contributed by atoms with Gasteiger partial charge in [0, 0.05) is 17.5 Å². The maximum atomic E-state index is 12.4. The molecular formula is C20H18O6. The van der Waals surface area contributed by atoms with Gasteiger partial charge in [-0.25, -0.2) is 0 Å². The van der Waals surface area contributed by atoms with Crippen LogP contribution in [0.1, 0.15) is 39.6 Å².